The first-order valence-electron chi connectivity index (χ1n) is 4.33. The molecule has 0 spiro atoms. The minimum Gasteiger partial charge on any atom is -0.304 e. The average molecular weight is 267 g/mol. The molecule has 0 aliphatic rings. The fraction of sp³-hybridized carbons (Fsp3) is 0.222. The van der Waals surface area contributed by atoms with E-state index in [4.69, 9.17) is 5.26 Å². The first-order chi connectivity index (χ1) is 7.22. The van der Waals surface area contributed by atoms with E-state index in [1.165, 1.54) is 4.57 Å². The zero-order valence-corrected chi connectivity index (χ0v) is 9.28. The van der Waals surface area contributed by atoms with Gasteiger partial charge in [-0.25, -0.2) is 9.78 Å². The van der Waals surface area contributed by atoms with E-state index in [9.17, 15) is 4.79 Å². The van der Waals surface area contributed by atoms with E-state index in [-0.39, 0.29) is 5.69 Å². The van der Waals surface area contributed by atoms with E-state index in [0.29, 0.717) is 24.1 Å². The van der Waals surface area contributed by atoms with Gasteiger partial charge in [-0.05, 0) is 22.0 Å². The van der Waals surface area contributed by atoms with Gasteiger partial charge in [-0.15, -0.1) is 0 Å². The van der Waals surface area contributed by atoms with Crippen molar-refractivity contribution >= 4 is 27.1 Å². The van der Waals surface area contributed by atoms with Crippen molar-refractivity contribution in [2.45, 2.75) is 13.0 Å². The monoisotopic (exact) mass is 266 g/mol. The summed E-state index contributed by atoms with van der Waals surface area (Å²) in [5, 5.41) is 8.47. The molecule has 0 saturated heterocycles. The summed E-state index contributed by atoms with van der Waals surface area (Å²) in [6.07, 6.45) is 1.92. The number of hydrogen-bond acceptors (Lipinski definition) is 3. The second-order valence-electron chi connectivity index (χ2n) is 3.01. The zero-order chi connectivity index (χ0) is 10.8. The molecule has 2 aromatic heterocycles. The first kappa shape index (κ1) is 9.93. The van der Waals surface area contributed by atoms with Crippen molar-refractivity contribution in [2.75, 3.05) is 0 Å². The molecule has 0 aliphatic heterocycles. The molecule has 2 aromatic rings. The molecule has 6 heteroatoms. The highest BCUT2D eigenvalue weighted by molar-refractivity contribution is 9.10. The quantitative estimate of drug-likeness (QED) is 0.893. The predicted octanol–water partition coefficient (Wildman–Crippen LogP) is 1.40. The number of imidazole rings is 1. The molecule has 0 bridgehead atoms. The van der Waals surface area contributed by atoms with Gasteiger partial charge in [0.05, 0.1) is 18.0 Å². The van der Waals surface area contributed by atoms with Crippen molar-refractivity contribution in [3.63, 3.8) is 0 Å². The van der Waals surface area contributed by atoms with Crippen molar-refractivity contribution in [3.8, 4) is 6.07 Å². The minimum atomic E-state index is -0.231. The number of pyridine rings is 1. The van der Waals surface area contributed by atoms with Gasteiger partial charge in [0.1, 0.15) is 0 Å². The third kappa shape index (κ3) is 1.78. The molecule has 2 heterocycles. The molecule has 0 aromatic carbocycles. The number of nitriles is 1. The summed E-state index contributed by atoms with van der Waals surface area (Å²) in [7, 11) is 0. The highest BCUT2D eigenvalue weighted by Crippen LogP contribution is 2.14. The van der Waals surface area contributed by atoms with Gasteiger partial charge in [-0.1, -0.05) is 0 Å². The van der Waals surface area contributed by atoms with Crippen LogP contribution in [0.2, 0.25) is 0 Å². The van der Waals surface area contributed by atoms with Crippen molar-refractivity contribution in [1.82, 2.24) is 14.5 Å². The lowest BCUT2D eigenvalue weighted by Crippen LogP contribution is -2.16. The molecule has 0 fully saturated rings. The number of rotatable bonds is 2. The van der Waals surface area contributed by atoms with Gasteiger partial charge in [-0.3, -0.25) is 4.57 Å². The third-order valence-corrected chi connectivity index (χ3v) is 2.46. The normalized spacial score (nSPS) is 10.4. The number of aryl methyl sites for hydroxylation is 1. The SMILES string of the molecule is N#CCCn1c(=O)[nH]c2cc(Br)cnc21. The van der Waals surface area contributed by atoms with Crippen molar-refractivity contribution in [3.05, 3.63) is 27.2 Å². The summed E-state index contributed by atoms with van der Waals surface area (Å²) in [6, 6.07) is 3.78. The smallest absolute Gasteiger partial charge is 0.304 e. The van der Waals surface area contributed by atoms with Crippen LogP contribution >= 0.6 is 15.9 Å². The summed E-state index contributed by atoms with van der Waals surface area (Å²) < 4.78 is 2.27. The van der Waals surface area contributed by atoms with Crippen LogP contribution in [0.3, 0.4) is 0 Å². The lowest BCUT2D eigenvalue weighted by atomic mass is 10.4. The number of hydrogen-bond donors (Lipinski definition) is 1. The van der Waals surface area contributed by atoms with Crippen LogP contribution in [-0.2, 0) is 6.54 Å². The molecular formula is C9H7BrN4O. The van der Waals surface area contributed by atoms with Gasteiger partial charge in [0.2, 0.25) is 0 Å². The summed E-state index contributed by atoms with van der Waals surface area (Å²) in [6.45, 7) is 0.365. The number of nitrogens with zero attached hydrogens (tertiary/aromatic N) is 3. The van der Waals surface area contributed by atoms with Gasteiger partial charge < -0.3 is 4.98 Å². The molecule has 0 aliphatic carbocycles. The van der Waals surface area contributed by atoms with Gasteiger partial charge >= 0.3 is 5.69 Å². The number of nitrogens with one attached hydrogen (secondary N) is 1. The molecule has 2 rings (SSSR count). The number of H-pyrrole nitrogens is 1. The largest absolute Gasteiger partial charge is 0.327 e. The van der Waals surface area contributed by atoms with Gasteiger partial charge in [0.25, 0.3) is 0 Å². The van der Waals surface area contributed by atoms with E-state index >= 15 is 0 Å². The van der Waals surface area contributed by atoms with Crippen molar-refractivity contribution in [1.29, 1.82) is 5.26 Å². The molecule has 76 valence electrons. The Bertz CT molecular complexity index is 592. The Kier molecular flexibility index (Phi) is 2.56. The molecule has 0 radical (unpaired) electrons. The summed E-state index contributed by atoms with van der Waals surface area (Å²) >= 11 is 3.27. The van der Waals surface area contributed by atoms with Crippen LogP contribution < -0.4 is 5.69 Å². The minimum absolute atomic E-state index is 0.231. The van der Waals surface area contributed by atoms with E-state index < -0.39 is 0 Å². The van der Waals surface area contributed by atoms with Crippen LogP contribution in [0.5, 0.6) is 0 Å². The predicted molar refractivity (Wildman–Crippen MR) is 58.3 cm³/mol. The molecule has 0 saturated carbocycles. The van der Waals surface area contributed by atoms with E-state index in [0.717, 1.165) is 4.47 Å². The lowest BCUT2D eigenvalue weighted by molar-refractivity contribution is 0.703. The summed E-state index contributed by atoms with van der Waals surface area (Å²) in [5.41, 5.74) is 1.02. The summed E-state index contributed by atoms with van der Waals surface area (Å²) in [4.78, 5) is 18.3. The molecule has 0 amide bonds. The maximum absolute atomic E-state index is 11.5. The maximum Gasteiger partial charge on any atom is 0.327 e. The average Bonchev–Trinajstić information content (AvgIpc) is 2.50. The van der Waals surface area contributed by atoms with Crippen LogP contribution in [-0.4, -0.2) is 14.5 Å². The van der Waals surface area contributed by atoms with Crippen LogP contribution in [0.25, 0.3) is 11.2 Å². The van der Waals surface area contributed by atoms with E-state index in [1.807, 2.05) is 6.07 Å². The van der Waals surface area contributed by atoms with Crippen LogP contribution in [0.15, 0.2) is 21.5 Å². The molecule has 1 N–H and O–H groups in total. The van der Waals surface area contributed by atoms with Gasteiger partial charge in [-0.2, -0.15) is 5.26 Å². The fourth-order valence-corrected chi connectivity index (χ4v) is 1.72. The molecule has 15 heavy (non-hydrogen) atoms. The lowest BCUT2D eigenvalue weighted by Gasteiger charge is -1.97. The summed E-state index contributed by atoms with van der Waals surface area (Å²) in [5.74, 6) is 0. The molecular weight excluding hydrogens is 260 g/mol. The highest BCUT2D eigenvalue weighted by atomic mass is 79.9. The number of aromatic nitrogens is 3. The van der Waals surface area contributed by atoms with Crippen LogP contribution in [0.4, 0.5) is 0 Å². The molecule has 0 unspecified atom stereocenters. The number of aromatic amines is 1. The Morgan fingerprint density at radius 1 is 1.67 bits per heavy atom. The van der Waals surface area contributed by atoms with E-state index in [2.05, 4.69) is 25.9 Å². The highest BCUT2D eigenvalue weighted by Gasteiger charge is 2.07. The Balaban J connectivity index is 2.59. The first-order valence-corrected chi connectivity index (χ1v) is 5.12. The Hall–Kier alpha value is -1.61. The molecule has 0 atom stereocenters. The second kappa shape index (κ2) is 3.87. The Labute approximate surface area is 93.5 Å². The fourth-order valence-electron chi connectivity index (χ4n) is 1.39. The number of halogens is 1. The van der Waals surface area contributed by atoms with Gasteiger partial charge in [0.15, 0.2) is 5.65 Å². The second-order valence-corrected chi connectivity index (χ2v) is 3.93. The third-order valence-electron chi connectivity index (χ3n) is 2.02. The Morgan fingerprint density at radius 2 is 2.47 bits per heavy atom. The molecule has 5 nitrogen and oxygen atoms in total. The van der Waals surface area contributed by atoms with Crippen molar-refractivity contribution < 1.29 is 0 Å². The van der Waals surface area contributed by atoms with Crippen molar-refractivity contribution in [2.24, 2.45) is 0 Å². The Morgan fingerprint density at radius 3 is 3.20 bits per heavy atom. The van der Waals surface area contributed by atoms with Crippen LogP contribution in [0.1, 0.15) is 6.42 Å². The maximum atomic E-state index is 11.5. The standard InChI is InChI=1S/C9H7BrN4O/c10-6-4-7-8(12-5-6)14(3-1-2-11)9(15)13-7/h4-5H,1,3H2,(H,13,15). The number of fused-ring (bicyclic) bond motifs is 1. The van der Waals surface area contributed by atoms with Crippen LogP contribution in [0, 0.1) is 11.3 Å². The zero-order valence-electron chi connectivity index (χ0n) is 7.70. The van der Waals surface area contributed by atoms with Gasteiger partial charge in [0, 0.05) is 17.2 Å². The topological polar surface area (TPSA) is 74.5 Å². The van der Waals surface area contributed by atoms with E-state index in [1.54, 1.807) is 12.3 Å².